The molecule has 3 rings (SSSR count). The Bertz CT molecular complexity index is 623. The van der Waals surface area contributed by atoms with Crippen molar-refractivity contribution in [1.82, 2.24) is 15.0 Å². The molecule has 5 nitrogen and oxygen atoms in total. The van der Waals surface area contributed by atoms with Crippen LogP contribution in [0.5, 0.6) is 5.75 Å². The second-order valence-corrected chi connectivity index (χ2v) is 5.44. The number of ether oxygens (including phenoxy) is 1. The lowest BCUT2D eigenvalue weighted by Crippen LogP contribution is -2.10. The molecule has 2 aromatic rings. The lowest BCUT2D eigenvalue weighted by molar-refractivity contribution is 0.410. The van der Waals surface area contributed by atoms with Crippen LogP contribution in [0.1, 0.15) is 48.8 Å². The number of benzene rings is 1. The molecule has 0 unspecified atom stereocenters. The lowest BCUT2D eigenvalue weighted by atomic mass is 10.1. The van der Waals surface area contributed by atoms with Crippen LogP contribution >= 0.6 is 0 Å². The Kier molecular flexibility index (Phi) is 3.99. The van der Waals surface area contributed by atoms with Crippen LogP contribution in [0.3, 0.4) is 0 Å². The maximum absolute atomic E-state index is 5.86. The number of hydrogen-bond donors (Lipinski definition) is 1. The molecule has 1 heterocycles. The summed E-state index contributed by atoms with van der Waals surface area (Å²) in [5.41, 5.74) is 6.92. The van der Waals surface area contributed by atoms with Crippen molar-refractivity contribution < 1.29 is 4.74 Å². The van der Waals surface area contributed by atoms with E-state index in [2.05, 4.69) is 15.0 Å². The Morgan fingerprint density at radius 1 is 1.14 bits per heavy atom. The van der Waals surface area contributed by atoms with E-state index in [0.29, 0.717) is 24.1 Å². The number of nitrogen functional groups attached to an aromatic ring is 1. The summed E-state index contributed by atoms with van der Waals surface area (Å²) >= 11 is 0. The first-order valence-corrected chi connectivity index (χ1v) is 7.38. The number of rotatable bonds is 4. The molecule has 5 heteroatoms. The van der Waals surface area contributed by atoms with Gasteiger partial charge in [-0.25, -0.2) is 4.98 Å². The summed E-state index contributed by atoms with van der Waals surface area (Å²) in [7, 11) is 1.67. The molecule has 1 fully saturated rings. The van der Waals surface area contributed by atoms with E-state index >= 15 is 0 Å². The first-order chi connectivity index (χ1) is 10.3. The van der Waals surface area contributed by atoms with E-state index in [4.69, 9.17) is 10.5 Å². The van der Waals surface area contributed by atoms with Crippen LogP contribution in [0.2, 0.25) is 0 Å². The van der Waals surface area contributed by atoms with E-state index in [-0.39, 0.29) is 0 Å². The minimum atomic E-state index is 0.316. The normalized spacial score (nSPS) is 15.3. The number of nitrogens with zero attached hydrogens (tertiary/aromatic N) is 3. The van der Waals surface area contributed by atoms with Crippen molar-refractivity contribution in [3.8, 4) is 5.75 Å². The number of nitrogens with two attached hydrogens (primary N) is 1. The maximum Gasteiger partial charge on any atom is 0.223 e. The largest absolute Gasteiger partial charge is 0.496 e. The average molecular weight is 284 g/mol. The van der Waals surface area contributed by atoms with Gasteiger partial charge in [-0.3, -0.25) is 0 Å². The number of anilines is 1. The van der Waals surface area contributed by atoms with E-state index in [0.717, 1.165) is 30.0 Å². The Morgan fingerprint density at radius 2 is 1.90 bits per heavy atom. The van der Waals surface area contributed by atoms with Crippen molar-refractivity contribution in [2.45, 2.75) is 38.0 Å². The number of methoxy groups -OCH3 is 1. The molecular formula is C16H20N4O. The van der Waals surface area contributed by atoms with Crippen molar-refractivity contribution in [3.63, 3.8) is 0 Å². The zero-order valence-electron chi connectivity index (χ0n) is 12.2. The second kappa shape index (κ2) is 6.08. The van der Waals surface area contributed by atoms with E-state index in [1.807, 2.05) is 24.3 Å². The highest BCUT2D eigenvalue weighted by Crippen LogP contribution is 2.32. The van der Waals surface area contributed by atoms with Gasteiger partial charge >= 0.3 is 0 Å². The van der Waals surface area contributed by atoms with E-state index in [1.165, 1.54) is 12.8 Å². The van der Waals surface area contributed by atoms with Crippen molar-refractivity contribution in [2.24, 2.45) is 0 Å². The Balaban J connectivity index is 1.88. The first-order valence-electron chi connectivity index (χ1n) is 7.38. The third-order valence-electron chi connectivity index (χ3n) is 3.98. The smallest absolute Gasteiger partial charge is 0.223 e. The molecule has 0 atom stereocenters. The van der Waals surface area contributed by atoms with Gasteiger partial charge in [0.25, 0.3) is 0 Å². The Labute approximate surface area is 124 Å². The minimum absolute atomic E-state index is 0.316. The molecule has 0 amide bonds. The van der Waals surface area contributed by atoms with E-state index in [1.54, 1.807) is 7.11 Å². The molecular weight excluding hydrogens is 264 g/mol. The van der Waals surface area contributed by atoms with Gasteiger partial charge in [0, 0.05) is 17.9 Å². The third-order valence-corrected chi connectivity index (χ3v) is 3.98. The fourth-order valence-electron chi connectivity index (χ4n) is 2.92. The predicted octanol–water partition coefficient (Wildman–Crippen LogP) is 2.71. The highest BCUT2D eigenvalue weighted by molar-refractivity contribution is 5.35. The predicted molar refractivity (Wildman–Crippen MR) is 81.2 cm³/mol. The number of para-hydroxylation sites is 1. The fourth-order valence-corrected chi connectivity index (χ4v) is 2.92. The standard InChI is InChI=1S/C16H20N4O/c1-21-13-9-5-4-8-12(13)10-14-18-15(20-16(17)19-14)11-6-2-3-7-11/h4-5,8-9,11H,2-3,6-7,10H2,1H3,(H2,17,18,19,20). The van der Waals surface area contributed by atoms with Gasteiger partial charge in [-0.15, -0.1) is 0 Å². The molecule has 1 aromatic heterocycles. The van der Waals surface area contributed by atoms with Gasteiger partial charge < -0.3 is 10.5 Å². The molecule has 110 valence electrons. The highest BCUT2D eigenvalue weighted by Gasteiger charge is 2.21. The zero-order valence-corrected chi connectivity index (χ0v) is 12.2. The van der Waals surface area contributed by atoms with Crippen LogP contribution < -0.4 is 10.5 Å². The fraction of sp³-hybridized carbons (Fsp3) is 0.438. The maximum atomic E-state index is 5.86. The molecule has 1 aliphatic carbocycles. The van der Waals surface area contributed by atoms with Crippen LogP contribution in [-0.2, 0) is 6.42 Å². The van der Waals surface area contributed by atoms with Crippen LogP contribution in [0.25, 0.3) is 0 Å². The van der Waals surface area contributed by atoms with Crippen LogP contribution in [0.4, 0.5) is 5.95 Å². The first kappa shape index (κ1) is 13.8. The quantitative estimate of drug-likeness (QED) is 0.934. The van der Waals surface area contributed by atoms with Crippen LogP contribution in [0, 0.1) is 0 Å². The molecule has 0 spiro atoms. The van der Waals surface area contributed by atoms with Gasteiger partial charge in [-0.05, 0) is 18.9 Å². The monoisotopic (exact) mass is 284 g/mol. The van der Waals surface area contributed by atoms with Gasteiger partial charge in [0.05, 0.1) is 7.11 Å². The van der Waals surface area contributed by atoms with Crippen molar-refractivity contribution in [3.05, 3.63) is 41.5 Å². The molecule has 21 heavy (non-hydrogen) atoms. The van der Waals surface area contributed by atoms with Crippen molar-refractivity contribution in [2.75, 3.05) is 12.8 Å². The summed E-state index contributed by atoms with van der Waals surface area (Å²) in [5, 5.41) is 0. The van der Waals surface area contributed by atoms with Crippen LogP contribution in [-0.4, -0.2) is 22.1 Å². The van der Waals surface area contributed by atoms with Gasteiger partial charge in [-0.2, -0.15) is 9.97 Å². The Morgan fingerprint density at radius 3 is 2.67 bits per heavy atom. The molecule has 2 N–H and O–H groups in total. The molecule has 0 bridgehead atoms. The van der Waals surface area contributed by atoms with Crippen LogP contribution in [0.15, 0.2) is 24.3 Å². The lowest BCUT2D eigenvalue weighted by Gasteiger charge is -2.11. The summed E-state index contributed by atoms with van der Waals surface area (Å²) in [4.78, 5) is 13.2. The van der Waals surface area contributed by atoms with Gasteiger partial charge in [-0.1, -0.05) is 31.0 Å². The minimum Gasteiger partial charge on any atom is -0.496 e. The van der Waals surface area contributed by atoms with Crippen molar-refractivity contribution in [1.29, 1.82) is 0 Å². The summed E-state index contributed by atoms with van der Waals surface area (Å²) < 4.78 is 5.38. The SMILES string of the molecule is COc1ccccc1Cc1nc(N)nc(C2CCCC2)n1. The Hall–Kier alpha value is -2.17. The molecule has 0 radical (unpaired) electrons. The molecule has 0 saturated heterocycles. The highest BCUT2D eigenvalue weighted by atomic mass is 16.5. The third kappa shape index (κ3) is 3.12. The van der Waals surface area contributed by atoms with Gasteiger partial charge in [0.1, 0.15) is 17.4 Å². The summed E-state index contributed by atoms with van der Waals surface area (Å²) in [6.45, 7) is 0. The topological polar surface area (TPSA) is 73.9 Å². The van der Waals surface area contributed by atoms with E-state index in [9.17, 15) is 0 Å². The zero-order chi connectivity index (χ0) is 14.7. The molecule has 1 aliphatic rings. The molecule has 0 aliphatic heterocycles. The summed E-state index contributed by atoms with van der Waals surface area (Å²) in [6, 6.07) is 7.90. The summed E-state index contributed by atoms with van der Waals surface area (Å²) in [6.07, 6.45) is 5.40. The molecule has 1 saturated carbocycles. The van der Waals surface area contributed by atoms with Gasteiger partial charge in [0.2, 0.25) is 5.95 Å². The van der Waals surface area contributed by atoms with E-state index < -0.39 is 0 Å². The average Bonchev–Trinajstić information content (AvgIpc) is 3.01. The summed E-state index contributed by atoms with van der Waals surface area (Å²) in [5.74, 6) is 3.17. The number of aromatic nitrogens is 3. The molecule has 1 aromatic carbocycles. The number of hydrogen-bond acceptors (Lipinski definition) is 5. The second-order valence-electron chi connectivity index (χ2n) is 5.44. The van der Waals surface area contributed by atoms with Gasteiger partial charge in [0.15, 0.2) is 0 Å². The van der Waals surface area contributed by atoms with Crippen molar-refractivity contribution >= 4 is 5.95 Å².